The van der Waals surface area contributed by atoms with Crippen LogP contribution in [0.1, 0.15) is 30.1 Å². The van der Waals surface area contributed by atoms with Gasteiger partial charge >= 0.3 is 0 Å². The van der Waals surface area contributed by atoms with Crippen molar-refractivity contribution in [2.75, 3.05) is 26.3 Å². The van der Waals surface area contributed by atoms with Gasteiger partial charge in [0.25, 0.3) is 0 Å². The number of morpholine rings is 1. The lowest BCUT2D eigenvalue weighted by Crippen LogP contribution is -2.45. The number of ketones is 1. The van der Waals surface area contributed by atoms with Crippen molar-refractivity contribution in [1.29, 1.82) is 0 Å². The van der Waals surface area contributed by atoms with Crippen LogP contribution >= 0.6 is 11.6 Å². The molecule has 0 N–H and O–H groups in total. The average Bonchev–Trinajstić information content (AvgIpc) is 2.45. The van der Waals surface area contributed by atoms with Gasteiger partial charge in [-0.1, -0.05) is 30.7 Å². The predicted octanol–water partition coefficient (Wildman–Crippen LogP) is 3.02. The minimum atomic E-state index is 0.118. The summed E-state index contributed by atoms with van der Waals surface area (Å²) >= 11 is 6.04. The van der Waals surface area contributed by atoms with Gasteiger partial charge in [-0.25, -0.2) is 0 Å². The Balaban J connectivity index is 1.91. The summed E-state index contributed by atoms with van der Waals surface area (Å²) in [7, 11) is 0. The Hall–Kier alpha value is -0.900. The van der Waals surface area contributed by atoms with Gasteiger partial charge in [-0.2, -0.15) is 0 Å². The predicted molar refractivity (Wildman–Crippen MR) is 76.9 cm³/mol. The highest BCUT2D eigenvalue weighted by Gasteiger charge is 2.22. The Bertz CT molecular complexity index is 436. The molecule has 1 fully saturated rings. The Labute approximate surface area is 119 Å². The van der Waals surface area contributed by atoms with E-state index in [1.165, 1.54) is 0 Å². The molecule has 0 amide bonds. The highest BCUT2D eigenvalue weighted by molar-refractivity contribution is 6.33. The molecule has 2 rings (SSSR count). The maximum atomic E-state index is 12.2. The number of hydrogen-bond donors (Lipinski definition) is 0. The van der Waals surface area contributed by atoms with Crippen molar-refractivity contribution in [3.8, 4) is 0 Å². The van der Waals surface area contributed by atoms with Gasteiger partial charge in [-0.15, -0.1) is 0 Å². The van der Waals surface area contributed by atoms with Crippen LogP contribution in [0, 0.1) is 0 Å². The lowest BCUT2D eigenvalue weighted by Gasteiger charge is -2.34. The molecular formula is C15H20ClNO2. The van der Waals surface area contributed by atoms with Gasteiger partial charge in [-0.3, -0.25) is 9.69 Å². The summed E-state index contributed by atoms with van der Waals surface area (Å²) in [6, 6.07) is 7.68. The number of carbonyl (C=O) groups excluding carboxylic acids is 1. The van der Waals surface area contributed by atoms with E-state index in [1.54, 1.807) is 12.1 Å². The molecular weight excluding hydrogens is 262 g/mol. The van der Waals surface area contributed by atoms with Crippen LogP contribution in [0.3, 0.4) is 0 Å². The molecule has 1 atom stereocenters. The maximum absolute atomic E-state index is 12.2. The number of hydrogen-bond acceptors (Lipinski definition) is 3. The molecule has 19 heavy (non-hydrogen) atoms. The summed E-state index contributed by atoms with van der Waals surface area (Å²) in [6.07, 6.45) is 1.57. The average molecular weight is 282 g/mol. The first-order chi connectivity index (χ1) is 9.22. The lowest BCUT2D eigenvalue weighted by molar-refractivity contribution is -0.00839. The number of carbonyl (C=O) groups is 1. The Morgan fingerprint density at radius 2 is 2.26 bits per heavy atom. The van der Waals surface area contributed by atoms with Crippen LogP contribution < -0.4 is 0 Å². The van der Waals surface area contributed by atoms with E-state index in [1.807, 2.05) is 12.1 Å². The van der Waals surface area contributed by atoms with Crippen LogP contribution in [0.4, 0.5) is 0 Å². The van der Waals surface area contributed by atoms with Gasteiger partial charge in [-0.05, 0) is 18.6 Å². The molecule has 0 bridgehead atoms. The van der Waals surface area contributed by atoms with Crippen molar-refractivity contribution < 1.29 is 9.53 Å². The second kappa shape index (κ2) is 7.04. The van der Waals surface area contributed by atoms with Crippen molar-refractivity contribution in [3.63, 3.8) is 0 Å². The fourth-order valence-electron chi connectivity index (χ4n) is 2.43. The SMILES string of the molecule is CCC1COCCN1CCC(=O)c1ccccc1Cl. The second-order valence-corrected chi connectivity index (χ2v) is 5.23. The summed E-state index contributed by atoms with van der Waals surface area (Å²) in [6.45, 7) is 5.38. The molecule has 3 nitrogen and oxygen atoms in total. The molecule has 1 aliphatic rings. The molecule has 0 spiro atoms. The summed E-state index contributed by atoms with van der Waals surface area (Å²) in [4.78, 5) is 14.5. The largest absolute Gasteiger partial charge is 0.378 e. The number of rotatable bonds is 5. The van der Waals surface area contributed by atoms with E-state index in [0.717, 1.165) is 32.7 Å². The van der Waals surface area contributed by atoms with Crippen molar-refractivity contribution in [3.05, 3.63) is 34.9 Å². The van der Waals surface area contributed by atoms with Crippen LogP contribution in [0.2, 0.25) is 5.02 Å². The Morgan fingerprint density at radius 3 is 3.00 bits per heavy atom. The lowest BCUT2D eigenvalue weighted by atomic mass is 10.1. The zero-order chi connectivity index (χ0) is 13.7. The second-order valence-electron chi connectivity index (χ2n) is 4.83. The van der Waals surface area contributed by atoms with Crippen LogP contribution in [-0.4, -0.2) is 43.0 Å². The van der Waals surface area contributed by atoms with E-state index in [-0.39, 0.29) is 5.78 Å². The van der Waals surface area contributed by atoms with Gasteiger partial charge in [0.2, 0.25) is 0 Å². The zero-order valence-corrected chi connectivity index (χ0v) is 12.0. The third-order valence-electron chi connectivity index (χ3n) is 3.62. The summed E-state index contributed by atoms with van der Waals surface area (Å²) < 4.78 is 5.47. The summed E-state index contributed by atoms with van der Waals surface area (Å²) in [5, 5.41) is 0.543. The minimum Gasteiger partial charge on any atom is -0.378 e. The molecule has 0 aliphatic carbocycles. The molecule has 1 saturated heterocycles. The molecule has 1 aliphatic heterocycles. The van der Waals surface area contributed by atoms with E-state index in [9.17, 15) is 4.79 Å². The first kappa shape index (κ1) is 14.5. The molecule has 1 heterocycles. The van der Waals surface area contributed by atoms with Gasteiger partial charge in [0.05, 0.1) is 18.2 Å². The van der Waals surface area contributed by atoms with E-state index < -0.39 is 0 Å². The third-order valence-corrected chi connectivity index (χ3v) is 3.95. The first-order valence-corrected chi connectivity index (χ1v) is 7.19. The smallest absolute Gasteiger partial charge is 0.165 e. The number of halogens is 1. The van der Waals surface area contributed by atoms with E-state index in [4.69, 9.17) is 16.3 Å². The van der Waals surface area contributed by atoms with Crippen molar-refractivity contribution >= 4 is 17.4 Å². The van der Waals surface area contributed by atoms with E-state index >= 15 is 0 Å². The van der Waals surface area contributed by atoms with Crippen LogP contribution in [0.25, 0.3) is 0 Å². The topological polar surface area (TPSA) is 29.5 Å². The maximum Gasteiger partial charge on any atom is 0.165 e. The number of Topliss-reactive ketones (excluding diaryl/α,β-unsaturated/α-hetero) is 1. The van der Waals surface area contributed by atoms with Crippen LogP contribution in [-0.2, 0) is 4.74 Å². The molecule has 0 aromatic heterocycles. The molecule has 1 aromatic carbocycles. The number of nitrogens with zero attached hydrogens (tertiary/aromatic N) is 1. The fourth-order valence-corrected chi connectivity index (χ4v) is 2.67. The highest BCUT2D eigenvalue weighted by Crippen LogP contribution is 2.18. The minimum absolute atomic E-state index is 0.118. The fraction of sp³-hybridized carbons (Fsp3) is 0.533. The summed E-state index contributed by atoms with van der Waals surface area (Å²) in [5.41, 5.74) is 0.630. The molecule has 1 aromatic rings. The molecule has 104 valence electrons. The van der Waals surface area contributed by atoms with Gasteiger partial charge < -0.3 is 4.74 Å². The molecule has 0 radical (unpaired) electrons. The quantitative estimate of drug-likeness (QED) is 0.777. The highest BCUT2D eigenvalue weighted by atomic mass is 35.5. The van der Waals surface area contributed by atoms with Crippen LogP contribution in [0.15, 0.2) is 24.3 Å². The summed E-state index contributed by atoms with van der Waals surface area (Å²) in [5.74, 6) is 0.118. The Kier molecular flexibility index (Phi) is 5.37. The van der Waals surface area contributed by atoms with Crippen molar-refractivity contribution in [2.24, 2.45) is 0 Å². The van der Waals surface area contributed by atoms with Gasteiger partial charge in [0.1, 0.15) is 0 Å². The van der Waals surface area contributed by atoms with Crippen molar-refractivity contribution in [2.45, 2.75) is 25.8 Å². The number of benzene rings is 1. The molecule has 0 saturated carbocycles. The first-order valence-electron chi connectivity index (χ1n) is 6.82. The Morgan fingerprint density at radius 1 is 1.47 bits per heavy atom. The molecule has 1 unspecified atom stereocenters. The van der Waals surface area contributed by atoms with Crippen molar-refractivity contribution in [1.82, 2.24) is 4.90 Å². The van der Waals surface area contributed by atoms with Gasteiger partial charge in [0.15, 0.2) is 5.78 Å². The molecule has 4 heteroatoms. The zero-order valence-electron chi connectivity index (χ0n) is 11.3. The monoisotopic (exact) mass is 281 g/mol. The van der Waals surface area contributed by atoms with Gasteiger partial charge in [0, 0.05) is 31.1 Å². The normalized spacial score (nSPS) is 20.4. The van der Waals surface area contributed by atoms with E-state index in [2.05, 4.69) is 11.8 Å². The number of ether oxygens (including phenoxy) is 1. The van der Waals surface area contributed by atoms with Crippen LogP contribution in [0.5, 0.6) is 0 Å². The van der Waals surface area contributed by atoms with E-state index in [0.29, 0.717) is 23.0 Å². The standard InChI is InChI=1S/C15H20ClNO2/c1-2-12-11-19-10-9-17(12)8-7-15(18)13-5-3-4-6-14(13)16/h3-6,12H,2,7-11H2,1H3. The third kappa shape index (κ3) is 3.78.